The zero-order chi connectivity index (χ0) is 26.9. The van der Waals surface area contributed by atoms with Crippen LogP contribution < -0.4 is 0 Å². The number of furan rings is 1. The highest BCUT2D eigenvalue weighted by molar-refractivity contribution is 5.93. The number of cyclic esters (lactones) is 1. The molecular weight excluding hydrogens is 476 g/mol. The quantitative estimate of drug-likeness (QED) is 0.328. The number of ketones is 1. The second-order valence-corrected chi connectivity index (χ2v) is 12.3. The number of hydrogen-bond donors (Lipinski definition) is 0. The van der Waals surface area contributed by atoms with Gasteiger partial charge in [-0.25, -0.2) is 0 Å². The zero-order valence-electron chi connectivity index (χ0n) is 22.4. The van der Waals surface area contributed by atoms with Crippen molar-refractivity contribution in [3.05, 3.63) is 35.8 Å². The maximum atomic E-state index is 14.2. The van der Waals surface area contributed by atoms with Gasteiger partial charge in [0.25, 0.3) is 0 Å². The molecule has 0 unspecified atom stereocenters. The molecule has 3 aliphatic carbocycles. The maximum absolute atomic E-state index is 14.2. The van der Waals surface area contributed by atoms with Gasteiger partial charge in [0.1, 0.15) is 18.0 Å². The van der Waals surface area contributed by atoms with E-state index in [2.05, 4.69) is 6.92 Å². The Balaban J connectivity index is 1.66. The van der Waals surface area contributed by atoms with Gasteiger partial charge < -0.3 is 18.6 Å². The predicted octanol–water partition coefficient (Wildman–Crippen LogP) is 4.58. The van der Waals surface area contributed by atoms with Crippen LogP contribution in [0, 0.1) is 39.9 Å². The minimum Gasteiger partial charge on any atom is -0.472 e. The first-order valence-electron chi connectivity index (χ1n) is 13.1. The zero-order valence-corrected chi connectivity index (χ0v) is 22.4. The molecule has 0 aromatic carbocycles. The molecule has 2 bridgehead atoms. The third kappa shape index (κ3) is 3.62. The van der Waals surface area contributed by atoms with E-state index in [4.69, 9.17) is 18.6 Å². The van der Waals surface area contributed by atoms with Crippen molar-refractivity contribution in [2.45, 2.75) is 72.5 Å². The van der Waals surface area contributed by atoms with E-state index in [1.54, 1.807) is 12.5 Å². The van der Waals surface area contributed by atoms with E-state index in [1.165, 1.54) is 14.0 Å². The van der Waals surface area contributed by atoms with Crippen LogP contribution in [0.25, 0.3) is 0 Å². The Morgan fingerprint density at radius 2 is 1.86 bits per heavy atom. The van der Waals surface area contributed by atoms with E-state index in [-0.39, 0.29) is 36.4 Å². The fraction of sp³-hybridized carbons (Fsp3) is 0.655. The van der Waals surface area contributed by atoms with Crippen LogP contribution in [0.3, 0.4) is 0 Å². The molecule has 0 spiro atoms. The molecule has 1 aromatic heterocycles. The number of esters is 3. The van der Waals surface area contributed by atoms with E-state index in [1.807, 2.05) is 32.9 Å². The Hall–Kier alpha value is -2.90. The SMILES string of the molecule is COC(=O)C[C@H]1C(C)(C)[C@@H](OC(C)=O)[C@@H]2C=C3[C@@H]4CC(=O)O[C@@H](c5ccoc5)[C@]4(C)CC[C@@H]3[C@@]1(C)C2=O. The summed E-state index contributed by atoms with van der Waals surface area (Å²) in [6.07, 6.45) is 5.72. The molecule has 2 heterocycles. The molecule has 0 radical (unpaired) electrons. The van der Waals surface area contributed by atoms with Crippen molar-refractivity contribution < 1.29 is 37.8 Å². The summed E-state index contributed by atoms with van der Waals surface area (Å²) in [4.78, 5) is 52.0. The summed E-state index contributed by atoms with van der Waals surface area (Å²) < 4.78 is 22.1. The molecule has 1 aliphatic heterocycles. The Morgan fingerprint density at radius 3 is 2.49 bits per heavy atom. The first-order chi connectivity index (χ1) is 17.4. The van der Waals surface area contributed by atoms with Crippen molar-refractivity contribution in [1.29, 1.82) is 0 Å². The summed E-state index contributed by atoms with van der Waals surface area (Å²) in [6, 6.07) is 1.83. The van der Waals surface area contributed by atoms with Crippen molar-refractivity contribution in [1.82, 2.24) is 0 Å². The lowest BCUT2D eigenvalue weighted by Gasteiger charge is -2.63. The summed E-state index contributed by atoms with van der Waals surface area (Å²) >= 11 is 0. The summed E-state index contributed by atoms with van der Waals surface area (Å²) in [5, 5.41) is 0. The van der Waals surface area contributed by atoms with Crippen LogP contribution in [-0.2, 0) is 33.4 Å². The Kier molecular flexibility index (Phi) is 5.96. The first kappa shape index (κ1) is 25.7. The summed E-state index contributed by atoms with van der Waals surface area (Å²) in [5.41, 5.74) is -0.0680. The van der Waals surface area contributed by atoms with Gasteiger partial charge in [-0.3, -0.25) is 19.2 Å². The van der Waals surface area contributed by atoms with Crippen molar-refractivity contribution in [2.24, 2.45) is 39.9 Å². The van der Waals surface area contributed by atoms with Gasteiger partial charge in [-0.15, -0.1) is 0 Å². The van der Waals surface area contributed by atoms with Gasteiger partial charge in [-0.1, -0.05) is 39.3 Å². The van der Waals surface area contributed by atoms with Crippen LogP contribution in [-0.4, -0.2) is 36.9 Å². The Labute approximate surface area is 217 Å². The molecule has 1 aromatic rings. The van der Waals surface area contributed by atoms with Gasteiger partial charge in [0, 0.05) is 35.2 Å². The largest absolute Gasteiger partial charge is 0.472 e. The van der Waals surface area contributed by atoms with E-state index in [9.17, 15) is 19.2 Å². The number of allylic oxidation sites excluding steroid dienone is 1. The Morgan fingerprint density at radius 1 is 1.14 bits per heavy atom. The topological polar surface area (TPSA) is 109 Å². The Bertz CT molecular complexity index is 1160. The molecule has 3 fully saturated rings. The molecule has 0 amide bonds. The average Bonchev–Trinajstić information content (AvgIpc) is 3.36. The smallest absolute Gasteiger partial charge is 0.307 e. The van der Waals surface area contributed by atoms with Gasteiger partial charge >= 0.3 is 17.9 Å². The van der Waals surface area contributed by atoms with Crippen LogP contribution in [0.15, 0.2) is 34.7 Å². The summed E-state index contributed by atoms with van der Waals surface area (Å²) in [7, 11) is 1.34. The number of hydrogen-bond acceptors (Lipinski definition) is 8. The van der Waals surface area contributed by atoms with Crippen molar-refractivity contribution in [2.75, 3.05) is 7.11 Å². The van der Waals surface area contributed by atoms with Gasteiger partial charge in [0.05, 0.1) is 32.0 Å². The minimum absolute atomic E-state index is 0.00546. The molecular formula is C29H36O8. The molecule has 5 rings (SSSR count). The highest BCUT2D eigenvalue weighted by atomic mass is 16.6. The number of carbonyl (C=O) groups is 4. The molecule has 200 valence electrons. The average molecular weight is 513 g/mol. The van der Waals surface area contributed by atoms with Crippen LogP contribution in [0.2, 0.25) is 0 Å². The molecule has 4 aliphatic rings. The fourth-order valence-electron chi connectivity index (χ4n) is 8.33. The summed E-state index contributed by atoms with van der Waals surface area (Å²) in [5.74, 6) is -2.53. The van der Waals surface area contributed by atoms with Crippen molar-refractivity contribution in [3.63, 3.8) is 0 Å². The lowest BCUT2D eigenvalue weighted by atomic mass is 9.40. The van der Waals surface area contributed by atoms with Crippen LogP contribution in [0.4, 0.5) is 0 Å². The molecule has 8 nitrogen and oxygen atoms in total. The third-order valence-electron chi connectivity index (χ3n) is 10.1. The first-order valence-corrected chi connectivity index (χ1v) is 13.1. The second kappa shape index (κ2) is 8.57. The monoisotopic (exact) mass is 512 g/mol. The highest BCUT2D eigenvalue weighted by Gasteiger charge is 2.68. The molecule has 1 saturated heterocycles. The number of fused-ring (bicyclic) bond motifs is 6. The molecule has 37 heavy (non-hydrogen) atoms. The predicted molar refractivity (Wildman–Crippen MR) is 131 cm³/mol. The van der Waals surface area contributed by atoms with Gasteiger partial charge in [-0.2, -0.15) is 0 Å². The molecule has 0 N–H and O–H groups in total. The molecule has 2 saturated carbocycles. The minimum atomic E-state index is -0.878. The van der Waals surface area contributed by atoms with E-state index in [0.717, 1.165) is 17.6 Å². The summed E-state index contributed by atoms with van der Waals surface area (Å²) in [6.45, 7) is 9.41. The van der Waals surface area contributed by atoms with Gasteiger partial charge in [-0.05, 0) is 36.7 Å². The number of ether oxygens (including phenoxy) is 3. The van der Waals surface area contributed by atoms with Crippen molar-refractivity contribution in [3.8, 4) is 0 Å². The lowest BCUT2D eigenvalue weighted by Crippen LogP contribution is -2.66. The van der Waals surface area contributed by atoms with Gasteiger partial charge in [0.15, 0.2) is 0 Å². The third-order valence-corrected chi connectivity index (χ3v) is 10.1. The number of carbonyl (C=O) groups excluding carboxylic acids is 4. The fourth-order valence-corrected chi connectivity index (χ4v) is 8.33. The number of rotatable bonds is 4. The van der Waals surface area contributed by atoms with Gasteiger partial charge in [0.2, 0.25) is 0 Å². The highest BCUT2D eigenvalue weighted by Crippen LogP contribution is 2.68. The standard InChI is InChI=1S/C29H36O8/c1-15(30)36-26-18-11-17-19(29(5,24(18)33)21(27(26,2)3)13-22(31)34-6)7-9-28(4)20(17)12-23(32)37-25(28)16-8-10-35-14-16/h8,10-11,14,18-21,25-26H,7,9,12-13H2,1-6H3/t18-,19+,20+,21+,25+,26+,28-,29-/m1/s1. The maximum Gasteiger partial charge on any atom is 0.307 e. The van der Waals surface area contributed by atoms with E-state index >= 15 is 0 Å². The second-order valence-electron chi connectivity index (χ2n) is 12.3. The molecule has 8 heteroatoms. The van der Waals surface area contributed by atoms with Crippen LogP contribution in [0.5, 0.6) is 0 Å². The lowest BCUT2D eigenvalue weighted by molar-refractivity contribution is -0.196. The van der Waals surface area contributed by atoms with E-state index < -0.39 is 52.2 Å². The van der Waals surface area contributed by atoms with Crippen LogP contribution in [0.1, 0.15) is 72.0 Å². The van der Waals surface area contributed by atoms with E-state index in [0.29, 0.717) is 6.42 Å². The molecule has 8 atom stereocenters. The normalized spacial score (nSPS) is 40.0. The number of Topliss-reactive ketones (excluding diaryl/α,β-unsaturated/α-hetero) is 1. The van der Waals surface area contributed by atoms with Crippen molar-refractivity contribution >= 4 is 23.7 Å². The van der Waals surface area contributed by atoms with Crippen LogP contribution >= 0.6 is 0 Å². The number of methoxy groups -OCH3 is 1.